The molecular weight excluding hydrogens is 360 g/mol. The molecule has 2 rings (SSSR count). The van der Waals surface area contributed by atoms with E-state index in [1.165, 1.54) is 12.1 Å². The molecule has 21 heavy (non-hydrogen) atoms. The second kappa shape index (κ2) is 7.28. The van der Waals surface area contributed by atoms with Crippen molar-refractivity contribution >= 4 is 38.9 Å². The first-order valence-corrected chi connectivity index (χ1v) is 7.29. The third-order valence-electron chi connectivity index (χ3n) is 2.66. The lowest BCUT2D eigenvalue weighted by Gasteiger charge is -2.10. The lowest BCUT2D eigenvalue weighted by atomic mass is 10.3. The maximum absolute atomic E-state index is 10.5. The summed E-state index contributed by atoms with van der Waals surface area (Å²) >= 11 is 9.34. The number of benzene rings is 2. The molecule has 0 amide bonds. The highest BCUT2D eigenvalue weighted by Crippen LogP contribution is 2.25. The van der Waals surface area contributed by atoms with Crippen LogP contribution in [0.2, 0.25) is 5.02 Å². The largest absolute Gasteiger partial charge is 0.492 e. The van der Waals surface area contributed by atoms with E-state index in [1.54, 1.807) is 18.2 Å². The van der Waals surface area contributed by atoms with Gasteiger partial charge in [-0.25, -0.2) is 0 Å². The van der Waals surface area contributed by atoms with E-state index in [4.69, 9.17) is 16.3 Å². The van der Waals surface area contributed by atoms with Gasteiger partial charge < -0.3 is 10.1 Å². The summed E-state index contributed by atoms with van der Waals surface area (Å²) < 4.78 is 6.42. The minimum absolute atomic E-state index is 0.0448. The van der Waals surface area contributed by atoms with E-state index in [2.05, 4.69) is 21.2 Å². The predicted molar refractivity (Wildman–Crippen MR) is 86.2 cm³/mol. The van der Waals surface area contributed by atoms with Crippen LogP contribution in [-0.2, 0) is 0 Å². The molecule has 0 aliphatic rings. The first-order chi connectivity index (χ1) is 10.1. The van der Waals surface area contributed by atoms with Crippen LogP contribution >= 0.6 is 27.5 Å². The van der Waals surface area contributed by atoms with Crippen molar-refractivity contribution in [1.82, 2.24) is 0 Å². The fourth-order valence-corrected chi connectivity index (χ4v) is 2.21. The Kier molecular flexibility index (Phi) is 5.41. The van der Waals surface area contributed by atoms with E-state index in [0.29, 0.717) is 23.9 Å². The number of nitro groups is 1. The molecule has 0 unspecified atom stereocenters. The standard InChI is InChI=1S/C14H12BrClN2O3/c15-13-6-1-10(16)9-14(13)17-7-8-21-12-4-2-11(3-5-12)18(19)20/h1-6,9,17H,7-8H2. The van der Waals surface area contributed by atoms with E-state index in [9.17, 15) is 10.1 Å². The van der Waals surface area contributed by atoms with E-state index >= 15 is 0 Å². The lowest BCUT2D eigenvalue weighted by molar-refractivity contribution is -0.384. The molecule has 0 aliphatic carbocycles. The van der Waals surface area contributed by atoms with Crippen LogP contribution in [-0.4, -0.2) is 18.1 Å². The minimum Gasteiger partial charge on any atom is -0.492 e. The first-order valence-electron chi connectivity index (χ1n) is 6.12. The van der Waals surface area contributed by atoms with E-state index < -0.39 is 4.92 Å². The number of nitrogens with one attached hydrogen (secondary N) is 1. The van der Waals surface area contributed by atoms with Gasteiger partial charge >= 0.3 is 0 Å². The van der Waals surface area contributed by atoms with Gasteiger partial charge in [-0.05, 0) is 46.3 Å². The third kappa shape index (κ3) is 4.61. The number of hydrogen-bond donors (Lipinski definition) is 1. The number of nitro benzene ring substituents is 1. The van der Waals surface area contributed by atoms with Crippen molar-refractivity contribution in [3.8, 4) is 5.75 Å². The second-order valence-corrected chi connectivity index (χ2v) is 5.44. The summed E-state index contributed by atoms with van der Waals surface area (Å²) in [5.74, 6) is 0.590. The maximum atomic E-state index is 10.5. The Morgan fingerprint density at radius 2 is 1.95 bits per heavy atom. The molecule has 0 heterocycles. The topological polar surface area (TPSA) is 64.4 Å². The average molecular weight is 372 g/mol. The molecule has 0 saturated carbocycles. The molecule has 2 aromatic rings. The fraction of sp³-hybridized carbons (Fsp3) is 0.143. The first kappa shape index (κ1) is 15.6. The number of anilines is 1. The molecule has 5 nitrogen and oxygen atoms in total. The highest BCUT2D eigenvalue weighted by atomic mass is 79.9. The smallest absolute Gasteiger partial charge is 0.269 e. The zero-order valence-corrected chi connectivity index (χ0v) is 13.2. The maximum Gasteiger partial charge on any atom is 0.269 e. The van der Waals surface area contributed by atoms with Crippen LogP contribution in [0.15, 0.2) is 46.9 Å². The van der Waals surface area contributed by atoms with E-state index in [0.717, 1.165) is 10.2 Å². The van der Waals surface area contributed by atoms with Gasteiger partial charge in [-0.3, -0.25) is 10.1 Å². The van der Waals surface area contributed by atoms with Gasteiger partial charge in [-0.1, -0.05) is 11.6 Å². The molecule has 0 bridgehead atoms. The molecule has 0 spiro atoms. The van der Waals surface area contributed by atoms with Crippen molar-refractivity contribution in [2.45, 2.75) is 0 Å². The average Bonchev–Trinajstić information content (AvgIpc) is 2.47. The molecule has 0 saturated heterocycles. The Labute approximate surface area is 135 Å². The van der Waals surface area contributed by atoms with Crippen molar-refractivity contribution < 1.29 is 9.66 Å². The minimum atomic E-state index is -0.442. The Bertz CT molecular complexity index is 635. The number of ether oxygens (including phenoxy) is 1. The zero-order valence-electron chi connectivity index (χ0n) is 10.9. The number of rotatable bonds is 6. The number of non-ortho nitro benzene ring substituents is 1. The highest BCUT2D eigenvalue weighted by molar-refractivity contribution is 9.10. The molecule has 110 valence electrons. The summed E-state index contributed by atoms with van der Waals surface area (Å²) in [5.41, 5.74) is 0.929. The Balaban J connectivity index is 1.81. The van der Waals surface area contributed by atoms with Crippen LogP contribution in [0.3, 0.4) is 0 Å². The quantitative estimate of drug-likeness (QED) is 0.461. The Morgan fingerprint density at radius 3 is 2.62 bits per heavy atom. The van der Waals surface area contributed by atoms with Crippen molar-refractivity contribution in [2.75, 3.05) is 18.5 Å². The normalized spacial score (nSPS) is 10.2. The molecular formula is C14H12BrClN2O3. The molecule has 1 N–H and O–H groups in total. The Morgan fingerprint density at radius 1 is 1.24 bits per heavy atom. The van der Waals surface area contributed by atoms with Crippen molar-refractivity contribution in [1.29, 1.82) is 0 Å². The summed E-state index contributed by atoms with van der Waals surface area (Å²) in [6.07, 6.45) is 0. The summed E-state index contributed by atoms with van der Waals surface area (Å²) in [6, 6.07) is 11.5. The third-order valence-corrected chi connectivity index (χ3v) is 3.59. The zero-order chi connectivity index (χ0) is 15.2. The summed E-state index contributed by atoms with van der Waals surface area (Å²) in [6.45, 7) is 1.01. The Hall–Kier alpha value is -1.79. The fourth-order valence-electron chi connectivity index (χ4n) is 1.65. The van der Waals surface area contributed by atoms with E-state index in [1.807, 2.05) is 12.1 Å². The second-order valence-electron chi connectivity index (χ2n) is 4.15. The summed E-state index contributed by atoms with van der Waals surface area (Å²) in [4.78, 5) is 10.1. The van der Waals surface area contributed by atoms with Gasteiger partial charge in [-0.15, -0.1) is 0 Å². The van der Waals surface area contributed by atoms with Crippen molar-refractivity contribution in [2.24, 2.45) is 0 Å². The van der Waals surface area contributed by atoms with Crippen LogP contribution in [0.1, 0.15) is 0 Å². The molecule has 0 radical (unpaired) electrons. The highest BCUT2D eigenvalue weighted by Gasteiger charge is 2.04. The molecule has 0 fully saturated rings. The number of hydrogen-bond acceptors (Lipinski definition) is 4. The monoisotopic (exact) mass is 370 g/mol. The molecule has 2 aromatic carbocycles. The summed E-state index contributed by atoms with van der Waals surface area (Å²) in [7, 11) is 0. The van der Waals surface area contributed by atoms with Gasteiger partial charge in [0.2, 0.25) is 0 Å². The van der Waals surface area contributed by atoms with Crippen LogP contribution in [0, 0.1) is 10.1 Å². The lowest BCUT2D eigenvalue weighted by Crippen LogP contribution is -2.11. The van der Waals surface area contributed by atoms with Crippen LogP contribution in [0.5, 0.6) is 5.75 Å². The van der Waals surface area contributed by atoms with Crippen molar-refractivity contribution in [3.05, 3.63) is 62.1 Å². The SMILES string of the molecule is O=[N+]([O-])c1ccc(OCCNc2cc(Cl)ccc2Br)cc1. The van der Waals surface area contributed by atoms with Crippen molar-refractivity contribution in [3.63, 3.8) is 0 Å². The van der Waals surface area contributed by atoms with Gasteiger partial charge in [0.05, 0.1) is 10.6 Å². The molecule has 0 atom stereocenters. The molecule has 7 heteroatoms. The van der Waals surface area contributed by atoms with Crippen LogP contribution in [0.25, 0.3) is 0 Å². The molecule has 0 aromatic heterocycles. The number of halogens is 2. The van der Waals surface area contributed by atoms with Gasteiger partial charge in [0, 0.05) is 28.2 Å². The van der Waals surface area contributed by atoms with Gasteiger partial charge in [0.1, 0.15) is 12.4 Å². The van der Waals surface area contributed by atoms with E-state index in [-0.39, 0.29) is 5.69 Å². The summed E-state index contributed by atoms with van der Waals surface area (Å²) in [5, 5.41) is 14.4. The van der Waals surface area contributed by atoms with Crippen LogP contribution < -0.4 is 10.1 Å². The number of nitrogens with zero attached hydrogens (tertiary/aromatic N) is 1. The predicted octanol–water partition coefficient (Wildman–Crippen LogP) is 4.50. The van der Waals surface area contributed by atoms with Gasteiger partial charge in [0.15, 0.2) is 0 Å². The molecule has 0 aliphatic heterocycles. The van der Waals surface area contributed by atoms with Crippen LogP contribution in [0.4, 0.5) is 11.4 Å². The van der Waals surface area contributed by atoms with Gasteiger partial charge in [0.25, 0.3) is 5.69 Å². The van der Waals surface area contributed by atoms with Gasteiger partial charge in [-0.2, -0.15) is 0 Å².